The third-order valence-electron chi connectivity index (χ3n) is 11.0. The van der Waals surface area contributed by atoms with Crippen LogP contribution in [0.15, 0.2) is 90.4 Å². The molecule has 0 unspecified atom stereocenters. The van der Waals surface area contributed by atoms with Gasteiger partial charge in [0.25, 0.3) is 0 Å². The second kappa shape index (κ2) is 19.5. The molecule has 58 heavy (non-hydrogen) atoms. The fourth-order valence-electron chi connectivity index (χ4n) is 6.90. The van der Waals surface area contributed by atoms with Crippen LogP contribution in [-0.4, -0.2) is 120 Å². The van der Waals surface area contributed by atoms with Gasteiger partial charge in [-0.25, -0.2) is 29.0 Å². The Morgan fingerprint density at radius 1 is 0.603 bits per heavy atom. The Bertz CT molecular complexity index is 2150. The molecule has 0 aromatic carbocycles. The number of halogens is 1. The zero-order chi connectivity index (χ0) is 40.4. The van der Waals surface area contributed by atoms with E-state index in [0.717, 1.165) is 45.4 Å². The number of nitrogens with zero attached hydrogens (tertiary/aromatic N) is 10. The maximum absolute atomic E-state index is 6.04. The standard InChI is InChI=1S/C18H29BN2O3.C18H21N5O.C6H4BrN3/c1-17(2)18(3,4)24-19(23-17)15-8-9-16(20-14-15)22-13-12-21-10-6-5-7-11-21;1-2-8-22(9-3-1)10-11-24-18-5-4-15(12-20-18)16-13-19-17-6-7-21-23(17)14-16;7-5-3-8-6-1-2-9-10(6)4-5/h8-9,14H,5-7,10-13H2,1-4H3;4-7,12-14H,1-3,8-11H2;1-4H. The van der Waals surface area contributed by atoms with Crippen molar-refractivity contribution in [3.05, 3.63) is 90.4 Å². The first kappa shape index (κ1) is 41.7. The minimum atomic E-state index is -0.370. The molecule has 306 valence electrons. The predicted molar refractivity (Wildman–Crippen MR) is 228 cm³/mol. The minimum absolute atomic E-state index is 0.332. The average Bonchev–Trinajstić information content (AvgIpc) is 3.96. The second-order valence-corrected chi connectivity index (χ2v) is 16.7. The van der Waals surface area contributed by atoms with E-state index in [0.29, 0.717) is 25.0 Å². The zero-order valence-electron chi connectivity index (χ0n) is 34.0. The van der Waals surface area contributed by atoms with E-state index in [2.05, 4.69) is 83.6 Å². The quantitative estimate of drug-likeness (QED) is 0.142. The first-order valence-corrected chi connectivity index (χ1v) is 21.1. The fraction of sp³-hybridized carbons (Fsp3) is 0.476. The highest BCUT2D eigenvalue weighted by molar-refractivity contribution is 9.10. The van der Waals surface area contributed by atoms with E-state index in [4.69, 9.17) is 18.8 Å². The molecule has 9 heterocycles. The van der Waals surface area contributed by atoms with Crippen LogP contribution in [0, 0.1) is 0 Å². The Morgan fingerprint density at radius 3 is 1.66 bits per heavy atom. The number of hydrogen-bond donors (Lipinski definition) is 0. The van der Waals surface area contributed by atoms with Crippen LogP contribution in [0.4, 0.5) is 0 Å². The van der Waals surface area contributed by atoms with Crippen molar-refractivity contribution in [3.63, 3.8) is 0 Å². The molecule has 0 saturated carbocycles. The minimum Gasteiger partial charge on any atom is -0.476 e. The van der Waals surface area contributed by atoms with Crippen LogP contribution in [0.3, 0.4) is 0 Å². The van der Waals surface area contributed by atoms with Gasteiger partial charge in [-0.15, -0.1) is 0 Å². The number of likely N-dealkylation sites (tertiary alicyclic amines) is 2. The zero-order valence-corrected chi connectivity index (χ0v) is 35.6. The van der Waals surface area contributed by atoms with Crippen LogP contribution in [0.1, 0.15) is 66.2 Å². The van der Waals surface area contributed by atoms with Gasteiger partial charge in [0.05, 0.1) is 28.1 Å². The monoisotopic (exact) mass is 852 g/mol. The SMILES string of the molecule is Brc1cnc2ccnn2c1.CC1(C)OB(c2ccc(OCCN3CCCCC3)nc2)OC1(C)C.c1cc2ncc(-c3ccc(OCCN4CCCCC4)nc3)cn2n1. The summed E-state index contributed by atoms with van der Waals surface area (Å²) >= 11 is 3.29. The van der Waals surface area contributed by atoms with Gasteiger partial charge >= 0.3 is 7.12 Å². The third-order valence-corrected chi connectivity index (χ3v) is 11.4. The lowest BCUT2D eigenvalue weighted by Crippen LogP contribution is -2.41. The lowest BCUT2D eigenvalue weighted by Gasteiger charge is -2.32. The molecule has 6 aromatic rings. The lowest BCUT2D eigenvalue weighted by atomic mass is 9.80. The van der Waals surface area contributed by atoms with Gasteiger partial charge in [0.2, 0.25) is 11.8 Å². The van der Waals surface area contributed by atoms with E-state index in [1.165, 1.54) is 64.7 Å². The largest absolute Gasteiger partial charge is 0.496 e. The molecule has 3 aliphatic heterocycles. The molecule has 0 radical (unpaired) electrons. The van der Waals surface area contributed by atoms with Crippen molar-refractivity contribution in [1.82, 2.24) is 49.0 Å². The van der Waals surface area contributed by atoms with E-state index in [1.807, 2.05) is 61.2 Å². The van der Waals surface area contributed by atoms with E-state index in [1.54, 1.807) is 33.8 Å². The molecule has 3 aliphatic rings. The molecule has 0 amide bonds. The van der Waals surface area contributed by atoms with Crippen LogP contribution in [0.2, 0.25) is 0 Å². The van der Waals surface area contributed by atoms with Gasteiger partial charge in [-0.1, -0.05) is 18.9 Å². The van der Waals surface area contributed by atoms with Crippen LogP contribution in [0.25, 0.3) is 22.4 Å². The van der Waals surface area contributed by atoms with Gasteiger partial charge in [0.15, 0.2) is 11.3 Å². The topological polar surface area (TPSA) is 130 Å². The molecule has 0 aliphatic carbocycles. The summed E-state index contributed by atoms with van der Waals surface area (Å²) in [5.74, 6) is 1.33. The van der Waals surface area contributed by atoms with E-state index < -0.39 is 0 Å². The lowest BCUT2D eigenvalue weighted by molar-refractivity contribution is 0.00578. The van der Waals surface area contributed by atoms with Crippen molar-refractivity contribution >= 4 is 39.8 Å². The van der Waals surface area contributed by atoms with E-state index in [9.17, 15) is 0 Å². The van der Waals surface area contributed by atoms with Crippen molar-refractivity contribution < 1.29 is 18.8 Å². The van der Waals surface area contributed by atoms with Crippen molar-refractivity contribution in [1.29, 1.82) is 0 Å². The fourth-order valence-corrected chi connectivity index (χ4v) is 7.20. The van der Waals surface area contributed by atoms with Crippen LogP contribution in [0.5, 0.6) is 11.8 Å². The highest BCUT2D eigenvalue weighted by Gasteiger charge is 2.51. The Kier molecular flexibility index (Phi) is 14.0. The summed E-state index contributed by atoms with van der Waals surface area (Å²) in [6.45, 7) is 16.3. The number of rotatable bonds is 10. The number of ether oxygens (including phenoxy) is 2. The molecule has 0 bridgehead atoms. The number of piperidine rings is 2. The molecule has 16 heteroatoms. The molecule has 14 nitrogen and oxygen atoms in total. The van der Waals surface area contributed by atoms with Gasteiger partial charge < -0.3 is 18.8 Å². The summed E-state index contributed by atoms with van der Waals surface area (Å²) in [5, 5.41) is 8.22. The van der Waals surface area contributed by atoms with Crippen molar-refractivity contribution in [2.45, 2.75) is 77.4 Å². The maximum Gasteiger partial charge on any atom is 0.496 e. The Labute approximate surface area is 349 Å². The van der Waals surface area contributed by atoms with E-state index >= 15 is 0 Å². The van der Waals surface area contributed by atoms with Crippen molar-refractivity contribution in [3.8, 4) is 22.9 Å². The van der Waals surface area contributed by atoms with Crippen LogP contribution in [-0.2, 0) is 9.31 Å². The first-order valence-electron chi connectivity index (χ1n) is 20.3. The Morgan fingerprint density at radius 2 is 1.12 bits per heavy atom. The van der Waals surface area contributed by atoms with E-state index in [-0.39, 0.29) is 18.3 Å². The van der Waals surface area contributed by atoms with Crippen LogP contribution < -0.4 is 14.9 Å². The molecule has 3 saturated heterocycles. The average molecular weight is 854 g/mol. The highest BCUT2D eigenvalue weighted by Crippen LogP contribution is 2.36. The first-order chi connectivity index (χ1) is 28.1. The van der Waals surface area contributed by atoms with Gasteiger partial charge in [-0.05, 0) is 108 Å². The summed E-state index contributed by atoms with van der Waals surface area (Å²) < 4.78 is 28.0. The molecule has 0 spiro atoms. The smallest absolute Gasteiger partial charge is 0.476 e. The van der Waals surface area contributed by atoms with Gasteiger partial charge in [0, 0.05) is 85.1 Å². The number of hydrogen-bond acceptors (Lipinski definition) is 12. The number of aromatic nitrogens is 8. The van der Waals surface area contributed by atoms with Crippen molar-refractivity contribution in [2.75, 3.05) is 52.5 Å². The highest BCUT2D eigenvalue weighted by atomic mass is 79.9. The van der Waals surface area contributed by atoms with Gasteiger partial charge in [-0.2, -0.15) is 10.2 Å². The van der Waals surface area contributed by atoms with Gasteiger partial charge in [0.1, 0.15) is 13.2 Å². The Balaban J connectivity index is 0.000000143. The molecular formula is C42H54BBrN10O4. The molecule has 3 fully saturated rings. The molecular weight excluding hydrogens is 799 g/mol. The summed E-state index contributed by atoms with van der Waals surface area (Å²) in [7, 11) is -0.370. The van der Waals surface area contributed by atoms with Crippen LogP contribution >= 0.6 is 15.9 Å². The normalized spacial score (nSPS) is 18.0. The number of pyridine rings is 2. The maximum atomic E-state index is 6.04. The second-order valence-electron chi connectivity index (χ2n) is 15.8. The molecule has 0 N–H and O–H groups in total. The summed E-state index contributed by atoms with van der Waals surface area (Å²) in [4.78, 5) is 22.2. The third kappa shape index (κ3) is 11.2. The Hall–Kier alpha value is -4.48. The number of fused-ring (bicyclic) bond motifs is 2. The van der Waals surface area contributed by atoms with Crippen molar-refractivity contribution in [2.24, 2.45) is 0 Å². The predicted octanol–water partition coefficient (Wildman–Crippen LogP) is 6.39. The summed E-state index contributed by atoms with van der Waals surface area (Å²) in [5.41, 5.74) is 3.95. The molecule has 6 aromatic heterocycles. The summed E-state index contributed by atoms with van der Waals surface area (Å²) in [6.07, 6.45) is 22.4. The summed E-state index contributed by atoms with van der Waals surface area (Å²) in [6, 6.07) is 11.5. The van der Waals surface area contributed by atoms with Gasteiger partial charge in [-0.3, -0.25) is 9.80 Å². The molecule has 0 atom stereocenters. The molecule has 9 rings (SSSR count).